The number of fused-ring (bicyclic) bond motifs is 2. The van der Waals surface area contributed by atoms with Crippen LogP contribution in [-0.2, 0) is 6.54 Å². The summed E-state index contributed by atoms with van der Waals surface area (Å²) in [5, 5.41) is 10.4. The van der Waals surface area contributed by atoms with E-state index in [1.54, 1.807) is 0 Å². The van der Waals surface area contributed by atoms with E-state index in [-0.39, 0.29) is 6.17 Å². The van der Waals surface area contributed by atoms with Crippen LogP contribution in [0.5, 0.6) is 0 Å². The molecule has 0 aromatic carbocycles. The largest absolute Gasteiger partial charge is 0.373 e. The van der Waals surface area contributed by atoms with Crippen molar-refractivity contribution in [3.63, 3.8) is 0 Å². The third-order valence-electron chi connectivity index (χ3n) is 4.57. The molecule has 0 amide bonds. The predicted octanol–water partition coefficient (Wildman–Crippen LogP) is 1.59. The van der Waals surface area contributed by atoms with E-state index in [0.29, 0.717) is 11.9 Å². The highest BCUT2D eigenvalue weighted by molar-refractivity contribution is 5.55. The number of allylic oxidation sites excluding steroid dienone is 3. The molecular formula is C17H23N7. The molecule has 1 aromatic heterocycles. The number of hydrazine groups is 1. The van der Waals surface area contributed by atoms with E-state index in [4.69, 9.17) is 0 Å². The van der Waals surface area contributed by atoms with E-state index in [0.717, 1.165) is 30.2 Å². The molecule has 2 aliphatic heterocycles. The molecule has 1 aliphatic carbocycles. The molecule has 0 spiro atoms. The summed E-state index contributed by atoms with van der Waals surface area (Å²) in [5.74, 6) is 1.82. The van der Waals surface area contributed by atoms with E-state index in [9.17, 15) is 0 Å². The number of hydrogen-bond acceptors (Lipinski definition) is 7. The summed E-state index contributed by atoms with van der Waals surface area (Å²) >= 11 is 0. The van der Waals surface area contributed by atoms with Gasteiger partial charge in [0.2, 0.25) is 5.95 Å². The molecule has 0 bridgehead atoms. The van der Waals surface area contributed by atoms with Crippen molar-refractivity contribution in [2.75, 3.05) is 17.3 Å². The molecular weight excluding hydrogens is 302 g/mol. The zero-order chi connectivity index (χ0) is 16.7. The monoisotopic (exact) mass is 325 g/mol. The van der Waals surface area contributed by atoms with Crippen LogP contribution in [0.1, 0.15) is 26.3 Å². The Balaban J connectivity index is 1.63. The summed E-state index contributed by atoms with van der Waals surface area (Å²) in [6.45, 7) is 8.15. The fourth-order valence-electron chi connectivity index (χ4n) is 3.33. The fourth-order valence-corrected chi connectivity index (χ4v) is 3.33. The number of rotatable bonds is 2. The second kappa shape index (κ2) is 5.92. The van der Waals surface area contributed by atoms with Gasteiger partial charge in [-0.2, -0.15) is 4.98 Å². The van der Waals surface area contributed by atoms with Gasteiger partial charge < -0.3 is 16.1 Å². The first-order chi connectivity index (χ1) is 11.6. The summed E-state index contributed by atoms with van der Waals surface area (Å²) in [6.07, 6.45) is 6.49. The summed E-state index contributed by atoms with van der Waals surface area (Å²) < 4.78 is 0. The van der Waals surface area contributed by atoms with E-state index in [1.165, 1.54) is 16.8 Å². The number of aromatic nitrogens is 2. The zero-order valence-corrected chi connectivity index (χ0v) is 14.2. The highest BCUT2D eigenvalue weighted by atomic mass is 15.4. The second-order valence-corrected chi connectivity index (χ2v) is 6.65. The highest BCUT2D eigenvalue weighted by Gasteiger charge is 2.28. The molecule has 24 heavy (non-hydrogen) atoms. The summed E-state index contributed by atoms with van der Waals surface area (Å²) in [6, 6.07) is 0. The Bertz CT molecular complexity index is 758. The molecule has 4 rings (SSSR count). The average molecular weight is 325 g/mol. The van der Waals surface area contributed by atoms with Gasteiger partial charge in [0.15, 0.2) is 0 Å². The third-order valence-corrected chi connectivity index (χ3v) is 4.57. The number of nitrogens with zero attached hydrogens (tertiary/aromatic N) is 2. The second-order valence-electron chi connectivity index (χ2n) is 6.65. The van der Waals surface area contributed by atoms with Crippen LogP contribution in [0, 0.1) is 5.92 Å². The molecule has 1 aromatic rings. The summed E-state index contributed by atoms with van der Waals surface area (Å²) in [5.41, 5.74) is 12.1. The lowest BCUT2D eigenvalue weighted by molar-refractivity contribution is 0.389. The Morgan fingerprint density at radius 1 is 1.29 bits per heavy atom. The van der Waals surface area contributed by atoms with Crippen LogP contribution < -0.4 is 26.8 Å². The van der Waals surface area contributed by atoms with Crippen LogP contribution in [0.4, 0.5) is 11.8 Å². The first kappa shape index (κ1) is 15.2. The maximum absolute atomic E-state index is 4.52. The number of nitrogens with one attached hydrogen (secondary N) is 5. The summed E-state index contributed by atoms with van der Waals surface area (Å²) in [4.78, 5) is 8.93. The van der Waals surface area contributed by atoms with Crippen LogP contribution in [0.2, 0.25) is 0 Å². The van der Waals surface area contributed by atoms with Crippen molar-refractivity contribution in [3.8, 4) is 0 Å². The Hall–Kier alpha value is -2.38. The van der Waals surface area contributed by atoms with Gasteiger partial charge in [0.25, 0.3) is 0 Å². The minimum absolute atomic E-state index is 0.275. The average Bonchev–Trinajstić information content (AvgIpc) is 3.01. The number of anilines is 2. The van der Waals surface area contributed by atoms with Crippen molar-refractivity contribution in [2.45, 2.75) is 33.5 Å². The molecule has 2 unspecified atom stereocenters. The maximum atomic E-state index is 4.52. The van der Waals surface area contributed by atoms with Crippen LogP contribution >= 0.6 is 0 Å². The van der Waals surface area contributed by atoms with Gasteiger partial charge in [-0.05, 0) is 38.5 Å². The summed E-state index contributed by atoms with van der Waals surface area (Å²) in [7, 11) is 0. The fraction of sp³-hybridized carbons (Fsp3) is 0.412. The molecule has 3 aliphatic rings. The minimum Gasteiger partial charge on any atom is -0.373 e. The van der Waals surface area contributed by atoms with Gasteiger partial charge in [0, 0.05) is 42.2 Å². The van der Waals surface area contributed by atoms with Crippen LogP contribution in [0.15, 0.2) is 40.9 Å². The third kappa shape index (κ3) is 2.76. The van der Waals surface area contributed by atoms with Crippen molar-refractivity contribution in [1.82, 2.24) is 26.0 Å². The Morgan fingerprint density at radius 2 is 2.17 bits per heavy atom. The van der Waals surface area contributed by atoms with Gasteiger partial charge >= 0.3 is 0 Å². The number of hydrogen-bond donors (Lipinski definition) is 5. The van der Waals surface area contributed by atoms with Crippen molar-refractivity contribution in [3.05, 3.63) is 46.5 Å². The van der Waals surface area contributed by atoms with E-state index in [2.05, 4.69) is 69.7 Å². The molecule has 0 saturated carbocycles. The molecule has 7 heteroatoms. The van der Waals surface area contributed by atoms with Gasteiger partial charge in [0.1, 0.15) is 5.82 Å². The van der Waals surface area contributed by atoms with Gasteiger partial charge in [-0.15, -0.1) is 0 Å². The van der Waals surface area contributed by atoms with E-state index in [1.807, 2.05) is 6.20 Å². The lowest BCUT2D eigenvalue weighted by Crippen LogP contribution is -2.50. The smallest absolute Gasteiger partial charge is 0.229 e. The molecule has 7 nitrogen and oxygen atoms in total. The lowest BCUT2D eigenvalue weighted by atomic mass is 9.85. The van der Waals surface area contributed by atoms with E-state index >= 15 is 0 Å². The quantitative estimate of drug-likeness (QED) is 0.564. The Morgan fingerprint density at radius 3 is 3.00 bits per heavy atom. The predicted molar refractivity (Wildman–Crippen MR) is 94.7 cm³/mol. The molecule has 126 valence electrons. The van der Waals surface area contributed by atoms with Crippen molar-refractivity contribution in [2.24, 2.45) is 5.92 Å². The lowest BCUT2D eigenvalue weighted by Gasteiger charge is -2.36. The zero-order valence-electron chi connectivity index (χ0n) is 14.2. The van der Waals surface area contributed by atoms with Gasteiger partial charge in [-0.1, -0.05) is 5.57 Å². The van der Waals surface area contributed by atoms with E-state index < -0.39 is 0 Å². The highest BCUT2D eigenvalue weighted by Crippen LogP contribution is 2.31. The van der Waals surface area contributed by atoms with Crippen LogP contribution in [0.25, 0.3) is 0 Å². The van der Waals surface area contributed by atoms with Gasteiger partial charge in [-0.25, -0.2) is 10.4 Å². The van der Waals surface area contributed by atoms with Crippen molar-refractivity contribution in [1.29, 1.82) is 0 Å². The van der Waals surface area contributed by atoms with Crippen molar-refractivity contribution < 1.29 is 0 Å². The first-order valence-electron chi connectivity index (χ1n) is 8.32. The molecule has 5 N–H and O–H groups in total. The standard InChI is InChI=1S/C17H23N7/c1-9(2)13-4-12(5-15-14(13)8-18-10(3)21-15)22-17-19-6-11-7-20-24-16(11)23-17/h4-6,10,14,18,20-21H,7-8H2,1-3H3,(H2,19,22,23,24). The minimum atomic E-state index is 0.275. The Labute approximate surface area is 141 Å². The maximum Gasteiger partial charge on any atom is 0.229 e. The van der Waals surface area contributed by atoms with Gasteiger partial charge in [0.05, 0.1) is 6.17 Å². The molecule has 1 saturated heterocycles. The molecule has 1 fully saturated rings. The van der Waals surface area contributed by atoms with Crippen molar-refractivity contribution >= 4 is 11.8 Å². The SMILES string of the molecule is CC(C)=C1C=C(Nc2ncc3c(n2)NNC3)C=C2NC(C)NCC21. The van der Waals surface area contributed by atoms with Gasteiger partial charge in [-0.3, -0.25) is 5.32 Å². The molecule has 2 atom stereocenters. The first-order valence-corrected chi connectivity index (χ1v) is 8.32. The van der Waals surface area contributed by atoms with Crippen LogP contribution in [0.3, 0.4) is 0 Å². The molecule has 0 radical (unpaired) electrons. The normalized spacial score (nSPS) is 24.9. The van der Waals surface area contributed by atoms with Crippen LogP contribution in [-0.4, -0.2) is 22.7 Å². The Kier molecular flexibility index (Phi) is 3.74. The topological polar surface area (TPSA) is 85.9 Å². The molecule has 3 heterocycles.